The van der Waals surface area contributed by atoms with Crippen LogP contribution in [0.1, 0.15) is 11.1 Å². The average Bonchev–Trinajstić information content (AvgIpc) is 2.01. The molecule has 1 nitrogen and oxygen atoms in total. The lowest BCUT2D eigenvalue weighted by atomic mass is 10.1. The predicted octanol–water partition coefficient (Wildman–Crippen LogP) is 3.17. The molecule has 6 heteroatoms. The Balaban J connectivity index is 3.22. The number of pyridine rings is 1. The van der Waals surface area contributed by atoms with Crippen molar-refractivity contribution in [1.29, 1.82) is 0 Å². The third-order valence-electron chi connectivity index (χ3n) is 1.41. The third-order valence-corrected chi connectivity index (χ3v) is 2.00. The molecule has 0 unspecified atom stereocenters. The lowest BCUT2D eigenvalue weighted by Crippen LogP contribution is -2.09. The maximum absolute atomic E-state index is 12.2. The fourth-order valence-corrected chi connectivity index (χ4v) is 1.35. The van der Waals surface area contributed by atoms with Gasteiger partial charge in [0.2, 0.25) is 0 Å². The summed E-state index contributed by atoms with van der Waals surface area (Å²) in [5.74, 6) is 0. The normalized spacial score (nSPS) is 11.8. The molecule has 0 N–H and O–H groups in total. The summed E-state index contributed by atoms with van der Waals surface area (Å²) in [7, 11) is 0. The molecule has 0 atom stereocenters. The lowest BCUT2D eigenvalue weighted by molar-refractivity contribution is -0.138. The molecule has 1 rings (SSSR count). The Morgan fingerprint density at radius 2 is 2.00 bits per heavy atom. The van der Waals surface area contributed by atoms with Gasteiger partial charge in [0.15, 0.2) is 0 Å². The Morgan fingerprint density at radius 1 is 1.38 bits per heavy atom. The van der Waals surface area contributed by atoms with Crippen LogP contribution in [0.25, 0.3) is 0 Å². The molecule has 0 aliphatic carbocycles. The average molecular weight is 305 g/mol. The van der Waals surface area contributed by atoms with Gasteiger partial charge >= 0.3 is 6.18 Å². The summed E-state index contributed by atoms with van der Waals surface area (Å²) >= 11 is 1.73. The molecule has 0 fully saturated rings. The minimum Gasteiger partial charge on any atom is -0.250 e. The fraction of sp³-hybridized carbons (Fsp3) is 0.286. The molecule has 72 valence electrons. The molecule has 0 amide bonds. The van der Waals surface area contributed by atoms with E-state index >= 15 is 0 Å². The molecule has 0 aliphatic heterocycles. The van der Waals surface area contributed by atoms with Gasteiger partial charge in [-0.1, -0.05) is 0 Å². The van der Waals surface area contributed by atoms with Crippen LogP contribution in [-0.2, 0) is 12.9 Å². The van der Waals surface area contributed by atoms with Crippen molar-refractivity contribution in [3.05, 3.63) is 27.1 Å². The van der Waals surface area contributed by atoms with Crippen LogP contribution < -0.4 is 0 Å². The van der Waals surface area contributed by atoms with Crippen LogP contribution in [0.3, 0.4) is 0 Å². The molecular formula is C7H4F4IN. The molecule has 0 spiro atoms. The minimum atomic E-state index is -4.53. The van der Waals surface area contributed by atoms with Gasteiger partial charge in [0.25, 0.3) is 0 Å². The second-order valence-corrected chi connectivity index (χ2v) is 3.40. The maximum atomic E-state index is 12.2. The molecule has 0 bridgehead atoms. The number of nitrogens with zero attached hydrogens (tertiary/aromatic N) is 1. The van der Waals surface area contributed by atoms with E-state index in [4.69, 9.17) is 0 Å². The van der Waals surface area contributed by atoms with Crippen LogP contribution in [0.2, 0.25) is 0 Å². The number of hydrogen-bond donors (Lipinski definition) is 0. The van der Waals surface area contributed by atoms with Crippen molar-refractivity contribution in [3.63, 3.8) is 0 Å². The molecule has 1 aromatic rings. The fourth-order valence-electron chi connectivity index (χ4n) is 0.834. The van der Waals surface area contributed by atoms with Crippen molar-refractivity contribution < 1.29 is 17.6 Å². The molecule has 1 aromatic heterocycles. The molecule has 0 saturated heterocycles. The van der Waals surface area contributed by atoms with E-state index in [2.05, 4.69) is 4.98 Å². The zero-order valence-corrected chi connectivity index (χ0v) is 8.36. The molecule has 0 aromatic carbocycles. The highest BCUT2D eigenvalue weighted by Gasteiger charge is 2.33. The first-order chi connectivity index (χ1) is 5.95. The van der Waals surface area contributed by atoms with Crippen LogP contribution in [0.5, 0.6) is 0 Å². The molecule has 1 heterocycles. The smallest absolute Gasteiger partial charge is 0.250 e. The standard InChI is InChI=1S/C7H4F4IN/c8-2-4-1-6(12)13-3-5(4)7(9,10)11/h1,3H,2H2. The summed E-state index contributed by atoms with van der Waals surface area (Å²) in [6.45, 7) is -1.13. The highest BCUT2D eigenvalue weighted by atomic mass is 127. The topological polar surface area (TPSA) is 12.9 Å². The molecule has 0 aliphatic rings. The van der Waals surface area contributed by atoms with E-state index in [1.54, 1.807) is 22.6 Å². The Morgan fingerprint density at radius 3 is 2.46 bits per heavy atom. The van der Waals surface area contributed by atoms with E-state index < -0.39 is 18.4 Å². The van der Waals surface area contributed by atoms with Crippen molar-refractivity contribution >= 4 is 22.6 Å². The van der Waals surface area contributed by atoms with Crippen LogP contribution in [0.15, 0.2) is 12.3 Å². The summed E-state index contributed by atoms with van der Waals surface area (Å²) < 4.78 is 49.0. The Kier molecular flexibility index (Phi) is 3.09. The van der Waals surface area contributed by atoms with Crippen LogP contribution >= 0.6 is 22.6 Å². The van der Waals surface area contributed by atoms with Gasteiger partial charge in [0.05, 0.1) is 5.56 Å². The summed E-state index contributed by atoms with van der Waals surface area (Å²) in [6.07, 6.45) is -3.88. The summed E-state index contributed by atoms with van der Waals surface area (Å²) in [5, 5.41) is 0. The van der Waals surface area contributed by atoms with Crippen molar-refractivity contribution in [1.82, 2.24) is 4.98 Å². The quantitative estimate of drug-likeness (QED) is 0.441. The van der Waals surface area contributed by atoms with Gasteiger partial charge in [0, 0.05) is 6.20 Å². The van der Waals surface area contributed by atoms with Crippen molar-refractivity contribution in [2.45, 2.75) is 12.9 Å². The SMILES string of the molecule is FCc1cc(I)ncc1C(F)(F)F. The van der Waals surface area contributed by atoms with E-state index in [0.29, 0.717) is 9.90 Å². The summed E-state index contributed by atoms with van der Waals surface area (Å²) in [4.78, 5) is 3.45. The van der Waals surface area contributed by atoms with Crippen molar-refractivity contribution in [2.24, 2.45) is 0 Å². The van der Waals surface area contributed by atoms with Gasteiger partial charge < -0.3 is 0 Å². The Bertz CT molecular complexity index is 310. The largest absolute Gasteiger partial charge is 0.418 e. The van der Waals surface area contributed by atoms with Crippen LogP contribution in [0.4, 0.5) is 17.6 Å². The summed E-state index contributed by atoms with van der Waals surface area (Å²) in [6, 6.07) is 1.09. The highest BCUT2D eigenvalue weighted by molar-refractivity contribution is 14.1. The summed E-state index contributed by atoms with van der Waals surface area (Å²) in [5.41, 5.74) is -1.37. The first-order valence-electron chi connectivity index (χ1n) is 3.22. The molecular weight excluding hydrogens is 301 g/mol. The van der Waals surface area contributed by atoms with Gasteiger partial charge in [0.1, 0.15) is 10.4 Å². The number of alkyl halides is 4. The van der Waals surface area contributed by atoms with Gasteiger partial charge in [-0.3, -0.25) is 0 Å². The first kappa shape index (κ1) is 10.7. The predicted molar refractivity (Wildman–Crippen MR) is 46.8 cm³/mol. The minimum absolute atomic E-state index is 0.346. The number of aromatic nitrogens is 1. The molecule has 0 radical (unpaired) electrons. The third kappa shape index (κ3) is 2.52. The monoisotopic (exact) mass is 305 g/mol. The number of rotatable bonds is 1. The maximum Gasteiger partial charge on any atom is 0.418 e. The highest BCUT2D eigenvalue weighted by Crippen LogP contribution is 2.32. The number of hydrogen-bond acceptors (Lipinski definition) is 1. The van der Waals surface area contributed by atoms with E-state index in [1.165, 1.54) is 0 Å². The Hall–Kier alpha value is -0.400. The lowest BCUT2D eigenvalue weighted by Gasteiger charge is -2.09. The first-order valence-corrected chi connectivity index (χ1v) is 4.30. The van der Waals surface area contributed by atoms with Crippen molar-refractivity contribution in [2.75, 3.05) is 0 Å². The Labute approximate surface area is 85.3 Å². The van der Waals surface area contributed by atoms with Gasteiger partial charge in [-0.15, -0.1) is 0 Å². The molecule has 0 saturated carbocycles. The second-order valence-electron chi connectivity index (χ2n) is 2.30. The second kappa shape index (κ2) is 3.77. The van der Waals surface area contributed by atoms with E-state index in [-0.39, 0.29) is 5.56 Å². The van der Waals surface area contributed by atoms with Gasteiger partial charge in [-0.05, 0) is 34.2 Å². The van der Waals surface area contributed by atoms with Crippen LogP contribution in [0, 0.1) is 3.70 Å². The molecule has 13 heavy (non-hydrogen) atoms. The van der Waals surface area contributed by atoms with E-state index in [1.807, 2.05) is 0 Å². The zero-order valence-electron chi connectivity index (χ0n) is 6.20. The van der Waals surface area contributed by atoms with Gasteiger partial charge in [-0.2, -0.15) is 13.2 Å². The van der Waals surface area contributed by atoms with Gasteiger partial charge in [-0.25, -0.2) is 9.37 Å². The van der Waals surface area contributed by atoms with E-state index in [0.717, 1.165) is 6.07 Å². The van der Waals surface area contributed by atoms with Crippen molar-refractivity contribution in [3.8, 4) is 0 Å². The zero-order chi connectivity index (χ0) is 10.1. The number of halogens is 5. The van der Waals surface area contributed by atoms with E-state index in [9.17, 15) is 17.6 Å². The van der Waals surface area contributed by atoms with Crippen LogP contribution in [-0.4, -0.2) is 4.98 Å².